The van der Waals surface area contributed by atoms with Crippen molar-refractivity contribution in [1.82, 2.24) is 3.97 Å². The van der Waals surface area contributed by atoms with Crippen molar-refractivity contribution in [2.75, 3.05) is 17.9 Å². The third-order valence-corrected chi connectivity index (χ3v) is 19.1. The molecule has 6 aromatic carbocycles. The minimum Gasteiger partial charge on any atom is -0.493 e. The van der Waals surface area contributed by atoms with Crippen LogP contribution in [0.1, 0.15) is 74.9 Å². The topological polar surface area (TPSA) is 144 Å². The van der Waals surface area contributed by atoms with Crippen LogP contribution in [0, 0.1) is 15.9 Å². The van der Waals surface area contributed by atoms with E-state index in [1.807, 2.05) is 12.0 Å². The standard InChI is InChI=1S/C29H26BrClF3NO4S.C17H18ClF3O2.C12H9BrINO2S/c1-27(2,24-15-21(31)13-18-10-11-39-26(18)24)17-28(36,29(32,33)34)16-22-14-19-12-20(30)8-9-25(19)35(22)40(37,38)23-6-4-3-5-7-23;1-4-6-16(22,17(19,20)21)10-15(2,3)13-9-12(18)8-11-5-7-23-14(11)13;13-9-6-7-12(11(14)8-9)15-18(16,17)10-4-2-1-3-5-10/h3-9,12-15,36H,10-11,16-17H2,1-2H3;1,8-9,22H,5-7,10H2,2-3H3;1-8,15H. The molecule has 0 spiro atoms. The van der Waals surface area contributed by atoms with Crippen LogP contribution in [0.5, 0.6) is 11.5 Å². The summed E-state index contributed by atoms with van der Waals surface area (Å²) in [4.78, 5) is 0.169. The van der Waals surface area contributed by atoms with Crippen LogP contribution in [0.15, 0.2) is 146 Å². The van der Waals surface area contributed by atoms with E-state index in [-0.39, 0.29) is 21.0 Å². The number of benzene rings is 6. The zero-order chi connectivity index (χ0) is 59.7. The van der Waals surface area contributed by atoms with Gasteiger partial charge in [-0.15, -0.1) is 12.3 Å². The van der Waals surface area contributed by atoms with Crippen LogP contribution in [-0.2, 0) is 50.1 Å². The van der Waals surface area contributed by atoms with Crippen LogP contribution in [0.3, 0.4) is 0 Å². The van der Waals surface area contributed by atoms with E-state index in [2.05, 4.69) is 59.2 Å². The second-order valence-electron chi connectivity index (χ2n) is 20.8. The molecule has 2 unspecified atom stereocenters. The molecule has 0 fully saturated rings. The van der Waals surface area contributed by atoms with Crippen molar-refractivity contribution in [3.8, 4) is 23.8 Å². The molecule has 0 aliphatic carbocycles. The molecular weight excluding hydrogens is 1390 g/mol. The Labute approximate surface area is 507 Å². The number of ether oxygens (including phenoxy) is 2. The van der Waals surface area contributed by atoms with Crippen molar-refractivity contribution >= 4 is 114 Å². The Bertz CT molecular complexity index is 3740. The third kappa shape index (κ3) is 14.5. The Morgan fingerprint density at radius 2 is 1.14 bits per heavy atom. The molecule has 81 heavy (non-hydrogen) atoms. The molecule has 10 nitrogen and oxygen atoms in total. The molecule has 3 N–H and O–H groups in total. The minimum atomic E-state index is -5.09. The Morgan fingerprint density at radius 3 is 1.62 bits per heavy atom. The van der Waals surface area contributed by atoms with Gasteiger partial charge in [-0.05, 0) is 148 Å². The highest BCUT2D eigenvalue weighted by atomic mass is 127. The van der Waals surface area contributed by atoms with Gasteiger partial charge in [-0.25, -0.2) is 20.8 Å². The fourth-order valence-corrected chi connectivity index (χ4v) is 15.0. The van der Waals surface area contributed by atoms with E-state index in [0.29, 0.717) is 74.3 Å². The van der Waals surface area contributed by atoms with E-state index in [1.165, 1.54) is 36.4 Å². The number of aliphatic hydroxyl groups is 2. The summed E-state index contributed by atoms with van der Waals surface area (Å²) < 4.78 is 153. The number of rotatable bonds is 14. The number of alkyl halides is 6. The average molecular weight is 1440 g/mol. The van der Waals surface area contributed by atoms with Crippen LogP contribution < -0.4 is 14.2 Å². The fraction of sp³-hybridized carbons (Fsp3) is 0.310. The molecule has 7 aromatic rings. The Balaban J connectivity index is 0.000000195. The minimum absolute atomic E-state index is 0.0841. The first-order valence-corrected chi connectivity index (χ1v) is 31.0. The second-order valence-corrected chi connectivity index (χ2v) is 28.1. The lowest BCUT2D eigenvalue weighted by Crippen LogP contribution is -2.51. The molecule has 2 aliphatic rings. The van der Waals surface area contributed by atoms with Gasteiger partial charge in [0, 0.05) is 70.5 Å². The lowest BCUT2D eigenvalue weighted by Gasteiger charge is -2.38. The van der Waals surface area contributed by atoms with Crippen molar-refractivity contribution < 1.29 is 62.9 Å². The van der Waals surface area contributed by atoms with Crippen molar-refractivity contribution in [3.63, 3.8) is 0 Å². The van der Waals surface area contributed by atoms with Gasteiger partial charge in [0.2, 0.25) is 0 Å². The van der Waals surface area contributed by atoms with Gasteiger partial charge in [0.05, 0.1) is 34.2 Å². The van der Waals surface area contributed by atoms with Crippen LogP contribution in [0.2, 0.25) is 10.0 Å². The zero-order valence-electron chi connectivity index (χ0n) is 43.6. The van der Waals surface area contributed by atoms with Gasteiger partial charge < -0.3 is 19.7 Å². The lowest BCUT2D eigenvalue weighted by molar-refractivity contribution is -0.266. The number of hydrogen-bond donors (Lipinski definition) is 3. The van der Waals surface area contributed by atoms with E-state index in [1.54, 1.807) is 113 Å². The van der Waals surface area contributed by atoms with E-state index in [4.69, 9.17) is 39.1 Å². The summed E-state index contributed by atoms with van der Waals surface area (Å²) in [6.07, 6.45) is -6.79. The lowest BCUT2D eigenvalue weighted by atomic mass is 9.73. The summed E-state index contributed by atoms with van der Waals surface area (Å²) in [5.74, 6) is 2.96. The molecule has 0 bridgehead atoms. The molecule has 23 heteroatoms. The Kier molecular flexibility index (Phi) is 19.5. The predicted molar refractivity (Wildman–Crippen MR) is 319 cm³/mol. The monoisotopic (exact) mass is 1440 g/mol. The number of nitrogens with one attached hydrogen (secondary N) is 1. The number of nitrogens with zero attached hydrogens (tertiary/aromatic N) is 1. The van der Waals surface area contributed by atoms with Crippen molar-refractivity contribution in [2.45, 2.75) is 110 Å². The van der Waals surface area contributed by atoms with Crippen molar-refractivity contribution in [1.29, 1.82) is 0 Å². The van der Waals surface area contributed by atoms with Crippen LogP contribution in [0.25, 0.3) is 10.9 Å². The van der Waals surface area contributed by atoms with Crippen molar-refractivity contribution in [3.05, 3.63) is 178 Å². The molecule has 0 saturated carbocycles. The van der Waals surface area contributed by atoms with E-state index in [0.717, 1.165) is 23.1 Å². The normalized spacial score (nSPS) is 15.1. The maximum Gasteiger partial charge on any atom is 0.418 e. The summed E-state index contributed by atoms with van der Waals surface area (Å²) in [6, 6.07) is 33.9. The molecular formula is C58H53Br2Cl2F6IN2O8S2. The number of sulfonamides is 1. The molecule has 2 atom stereocenters. The molecule has 0 amide bonds. The van der Waals surface area contributed by atoms with Gasteiger partial charge in [-0.2, -0.15) is 26.3 Å². The van der Waals surface area contributed by atoms with Gasteiger partial charge >= 0.3 is 12.4 Å². The maximum absolute atomic E-state index is 14.8. The summed E-state index contributed by atoms with van der Waals surface area (Å²) >= 11 is 21.1. The first-order valence-electron chi connectivity index (χ1n) is 24.7. The van der Waals surface area contributed by atoms with Gasteiger partial charge in [0.25, 0.3) is 20.0 Å². The number of fused-ring (bicyclic) bond motifs is 3. The first kappa shape index (κ1) is 64.1. The van der Waals surface area contributed by atoms with Crippen molar-refractivity contribution in [2.24, 2.45) is 0 Å². The molecule has 0 radical (unpaired) electrons. The highest BCUT2D eigenvalue weighted by Gasteiger charge is 2.58. The van der Waals surface area contributed by atoms with Crippen LogP contribution in [0.4, 0.5) is 32.0 Å². The smallest absolute Gasteiger partial charge is 0.418 e. The molecule has 3 heterocycles. The SMILES string of the molecule is C#CCC(O)(CC(C)(C)c1cc(Cl)cc2c1OCC2)C(F)(F)F.CC(C)(CC(O)(Cc1cc2cc(Br)ccc2n1S(=O)(=O)c1ccccc1)C(F)(F)F)c1cc(Cl)cc2c1OCC2.O=S(=O)(Nc1ccc(Br)cc1I)c1ccccc1. The number of halogens is 11. The number of anilines is 1. The van der Waals surface area contributed by atoms with E-state index in [9.17, 15) is 53.4 Å². The van der Waals surface area contributed by atoms with Gasteiger partial charge in [-0.1, -0.05) is 119 Å². The van der Waals surface area contributed by atoms with Crippen LogP contribution >= 0.6 is 77.7 Å². The Hall–Kier alpha value is -4.51. The van der Waals surface area contributed by atoms with E-state index >= 15 is 0 Å². The van der Waals surface area contributed by atoms with Crippen LogP contribution in [-0.4, -0.2) is 67.8 Å². The summed E-state index contributed by atoms with van der Waals surface area (Å²) in [5, 5.41) is 22.8. The number of hydrogen-bond acceptors (Lipinski definition) is 8. The van der Waals surface area contributed by atoms with Gasteiger partial charge in [-0.3, -0.25) is 4.72 Å². The Morgan fingerprint density at radius 1 is 0.667 bits per heavy atom. The first-order chi connectivity index (χ1) is 37.6. The van der Waals surface area contributed by atoms with Gasteiger partial charge in [0.1, 0.15) is 11.5 Å². The highest BCUT2D eigenvalue weighted by molar-refractivity contribution is 14.1. The third-order valence-electron chi connectivity index (χ3n) is 13.6. The largest absolute Gasteiger partial charge is 0.493 e. The molecule has 432 valence electrons. The second kappa shape index (κ2) is 24.6. The maximum atomic E-state index is 14.8. The zero-order valence-corrected chi connectivity index (χ0v) is 52.1. The number of aromatic nitrogens is 1. The highest BCUT2D eigenvalue weighted by Crippen LogP contribution is 2.50. The summed E-state index contributed by atoms with van der Waals surface area (Å²) in [6.45, 7) is 7.26. The number of terminal acetylenes is 1. The molecule has 1 aromatic heterocycles. The molecule has 9 rings (SSSR count). The van der Waals surface area contributed by atoms with E-state index < -0.39 is 80.1 Å². The average Bonchev–Trinajstić information content (AvgIpc) is 4.31. The quantitative estimate of drug-likeness (QED) is 0.0555. The molecule has 2 aliphatic heterocycles. The predicted octanol–water partition coefficient (Wildman–Crippen LogP) is 15.5. The summed E-state index contributed by atoms with van der Waals surface area (Å²) in [5.41, 5.74) is -5.27. The fourth-order valence-electron chi connectivity index (χ4n) is 9.89. The summed E-state index contributed by atoms with van der Waals surface area (Å²) in [7, 11) is -7.83. The van der Waals surface area contributed by atoms with Gasteiger partial charge in [0.15, 0.2) is 11.2 Å². The molecule has 0 saturated heterocycles.